The molecule has 0 unspecified atom stereocenters. The summed E-state index contributed by atoms with van der Waals surface area (Å²) in [6.45, 7) is 9.91. The second-order valence-electron chi connectivity index (χ2n) is 7.70. The Morgan fingerprint density at radius 3 is 2.30 bits per heavy atom. The Bertz CT molecular complexity index is 781. The summed E-state index contributed by atoms with van der Waals surface area (Å²) in [5.74, 6) is 2.10. The number of pyridine rings is 1. The molecule has 2 aliphatic heterocycles. The molecule has 2 saturated heterocycles. The second-order valence-corrected chi connectivity index (χ2v) is 7.70. The van der Waals surface area contributed by atoms with Crippen molar-refractivity contribution in [3.8, 4) is 0 Å². The van der Waals surface area contributed by atoms with Gasteiger partial charge in [-0.1, -0.05) is 24.3 Å². The van der Waals surface area contributed by atoms with E-state index in [1.54, 1.807) is 0 Å². The smallest absolute Gasteiger partial charge is 0.194 e. The molecular formula is C23H33IN6. The van der Waals surface area contributed by atoms with Crippen LogP contribution in [-0.4, -0.2) is 61.7 Å². The lowest BCUT2D eigenvalue weighted by atomic mass is 10.2. The lowest BCUT2D eigenvalue weighted by molar-refractivity contribution is 0.372. The maximum absolute atomic E-state index is 4.89. The third kappa shape index (κ3) is 5.77. The number of hydrogen-bond acceptors (Lipinski definition) is 4. The molecule has 1 N–H and O–H groups in total. The van der Waals surface area contributed by atoms with Gasteiger partial charge in [0, 0.05) is 57.7 Å². The minimum atomic E-state index is 0. The zero-order valence-corrected chi connectivity index (χ0v) is 20.2. The number of anilines is 2. The number of halogens is 1. The second kappa shape index (κ2) is 11.4. The average molecular weight is 520 g/mol. The number of aliphatic imine (C=N–C) groups is 1. The van der Waals surface area contributed by atoms with E-state index in [-0.39, 0.29) is 24.0 Å². The molecule has 0 aliphatic carbocycles. The van der Waals surface area contributed by atoms with Crippen molar-refractivity contribution in [1.29, 1.82) is 0 Å². The number of benzene rings is 1. The predicted octanol–water partition coefficient (Wildman–Crippen LogP) is 3.59. The van der Waals surface area contributed by atoms with Crippen LogP contribution in [0, 0.1) is 0 Å². The maximum Gasteiger partial charge on any atom is 0.194 e. The largest absolute Gasteiger partial charge is 0.368 e. The molecule has 0 saturated carbocycles. The fourth-order valence-corrected chi connectivity index (χ4v) is 4.05. The molecular weight excluding hydrogens is 487 g/mol. The fourth-order valence-electron chi connectivity index (χ4n) is 4.05. The average Bonchev–Trinajstić information content (AvgIpc) is 3.33. The zero-order valence-electron chi connectivity index (χ0n) is 17.8. The van der Waals surface area contributed by atoms with Gasteiger partial charge >= 0.3 is 0 Å². The number of guanidine groups is 1. The van der Waals surface area contributed by atoms with Crippen molar-refractivity contribution in [2.45, 2.75) is 26.3 Å². The van der Waals surface area contributed by atoms with E-state index in [2.05, 4.69) is 74.4 Å². The summed E-state index contributed by atoms with van der Waals surface area (Å²) in [5, 5.41) is 3.46. The number of para-hydroxylation sites is 1. The Kier molecular flexibility index (Phi) is 8.60. The van der Waals surface area contributed by atoms with E-state index < -0.39 is 0 Å². The highest BCUT2D eigenvalue weighted by molar-refractivity contribution is 14.0. The lowest BCUT2D eigenvalue weighted by Crippen LogP contribution is -2.52. The molecule has 0 spiro atoms. The van der Waals surface area contributed by atoms with Crippen LogP contribution in [0.4, 0.5) is 11.5 Å². The van der Waals surface area contributed by atoms with Gasteiger partial charge in [-0.2, -0.15) is 0 Å². The van der Waals surface area contributed by atoms with Gasteiger partial charge in [-0.05, 0) is 43.5 Å². The number of hydrogen-bond donors (Lipinski definition) is 1. The van der Waals surface area contributed by atoms with Gasteiger partial charge in [0.2, 0.25) is 0 Å². The van der Waals surface area contributed by atoms with Crippen LogP contribution in [0.3, 0.4) is 0 Å². The first-order chi connectivity index (χ1) is 14.3. The summed E-state index contributed by atoms with van der Waals surface area (Å²) in [7, 11) is 0. The lowest BCUT2D eigenvalue weighted by Gasteiger charge is -2.37. The first kappa shape index (κ1) is 22.7. The van der Waals surface area contributed by atoms with Crippen LogP contribution >= 0.6 is 24.0 Å². The van der Waals surface area contributed by atoms with E-state index in [9.17, 15) is 0 Å². The van der Waals surface area contributed by atoms with Gasteiger partial charge < -0.3 is 20.0 Å². The van der Waals surface area contributed by atoms with Crippen molar-refractivity contribution in [1.82, 2.24) is 15.2 Å². The van der Waals surface area contributed by atoms with Crippen LogP contribution in [0.1, 0.15) is 25.3 Å². The molecule has 2 aromatic rings. The van der Waals surface area contributed by atoms with Gasteiger partial charge in [-0.25, -0.2) is 9.98 Å². The van der Waals surface area contributed by atoms with E-state index >= 15 is 0 Å². The third-order valence-electron chi connectivity index (χ3n) is 5.69. The van der Waals surface area contributed by atoms with Gasteiger partial charge in [0.15, 0.2) is 5.96 Å². The van der Waals surface area contributed by atoms with Crippen LogP contribution in [0.2, 0.25) is 0 Å². The Balaban J connectivity index is 0.00000256. The van der Waals surface area contributed by atoms with Crippen molar-refractivity contribution in [2.24, 2.45) is 4.99 Å². The Labute approximate surface area is 197 Å². The molecule has 3 heterocycles. The van der Waals surface area contributed by atoms with Gasteiger partial charge in [-0.15, -0.1) is 24.0 Å². The monoisotopic (exact) mass is 520 g/mol. The summed E-state index contributed by atoms with van der Waals surface area (Å²) in [6, 6.07) is 15.0. The standard InChI is InChI=1S/C23H32N6.HI/c1-2-24-23(29-16-14-27(15-17-29)21-8-4-3-5-9-21)26-19-20-10-11-22(25-18-20)28-12-6-7-13-28;/h3-5,8-11,18H,2,6-7,12-17,19H2,1H3,(H,24,26);1H. The molecule has 1 aromatic carbocycles. The van der Waals surface area contributed by atoms with Crippen molar-refractivity contribution in [3.05, 3.63) is 54.2 Å². The van der Waals surface area contributed by atoms with Gasteiger partial charge in [0.05, 0.1) is 6.54 Å². The summed E-state index contributed by atoms with van der Waals surface area (Å²) < 4.78 is 0. The van der Waals surface area contributed by atoms with Gasteiger partial charge in [0.25, 0.3) is 0 Å². The van der Waals surface area contributed by atoms with E-state index in [1.165, 1.54) is 18.5 Å². The molecule has 1 aromatic heterocycles. The maximum atomic E-state index is 4.89. The zero-order chi connectivity index (χ0) is 19.9. The minimum Gasteiger partial charge on any atom is -0.368 e. The number of aromatic nitrogens is 1. The molecule has 162 valence electrons. The fraction of sp³-hybridized carbons (Fsp3) is 0.478. The first-order valence-electron chi connectivity index (χ1n) is 10.9. The number of nitrogens with one attached hydrogen (secondary N) is 1. The Hall–Kier alpha value is -2.03. The van der Waals surface area contributed by atoms with E-state index in [0.29, 0.717) is 6.54 Å². The molecule has 7 heteroatoms. The highest BCUT2D eigenvalue weighted by Crippen LogP contribution is 2.18. The molecule has 30 heavy (non-hydrogen) atoms. The van der Waals surface area contributed by atoms with Crippen LogP contribution in [0.25, 0.3) is 0 Å². The summed E-state index contributed by atoms with van der Waals surface area (Å²) >= 11 is 0. The van der Waals surface area contributed by atoms with Crippen molar-refractivity contribution in [2.75, 3.05) is 55.6 Å². The van der Waals surface area contributed by atoms with Crippen LogP contribution in [0.15, 0.2) is 53.7 Å². The number of piperazine rings is 1. The van der Waals surface area contributed by atoms with Crippen molar-refractivity contribution in [3.63, 3.8) is 0 Å². The molecule has 0 bridgehead atoms. The van der Waals surface area contributed by atoms with Crippen molar-refractivity contribution < 1.29 is 0 Å². The van der Waals surface area contributed by atoms with E-state index in [4.69, 9.17) is 4.99 Å². The Morgan fingerprint density at radius 1 is 0.933 bits per heavy atom. The normalized spacial score (nSPS) is 17.1. The van der Waals surface area contributed by atoms with Crippen LogP contribution in [0.5, 0.6) is 0 Å². The topological polar surface area (TPSA) is 47.0 Å². The quantitative estimate of drug-likeness (QED) is 0.371. The van der Waals surface area contributed by atoms with E-state index in [1.807, 2.05) is 6.20 Å². The highest BCUT2D eigenvalue weighted by Gasteiger charge is 2.19. The van der Waals surface area contributed by atoms with Gasteiger partial charge in [0.1, 0.15) is 5.82 Å². The number of nitrogens with zero attached hydrogens (tertiary/aromatic N) is 5. The molecule has 2 aliphatic rings. The third-order valence-corrected chi connectivity index (χ3v) is 5.69. The molecule has 2 fully saturated rings. The first-order valence-corrected chi connectivity index (χ1v) is 10.9. The SMILES string of the molecule is CCNC(=NCc1ccc(N2CCCC2)nc1)N1CCN(c2ccccc2)CC1.I. The van der Waals surface area contributed by atoms with Crippen molar-refractivity contribution >= 4 is 41.4 Å². The number of rotatable bonds is 5. The highest BCUT2D eigenvalue weighted by atomic mass is 127. The molecule has 0 amide bonds. The molecule has 6 nitrogen and oxygen atoms in total. The minimum absolute atomic E-state index is 0. The summed E-state index contributed by atoms with van der Waals surface area (Å²) in [4.78, 5) is 16.7. The summed E-state index contributed by atoms with van der Waals surface area (Å²) in [6.07, 6.45) is 4.53. The Morgan fingerprint density at radius 2 is 1.67 bits per heavy atom. The summed E-state index contributed by atoms with van der Waals surface area (Å²) in [5.41, 5.74) is 2.46. The molecule has 0 radical (unpaired) electrons. The van der Waals surface area contributed by atoms with Crippen LogP contribution in [-0.2, 0) is 6.54 Å². The molecule has 0 atom stereocenters. The molecule has 4 rings (SSSR count). The predicted molar refractivity (Wildman–Crippen MR) is 136 cm³/mol. The van der Waals surface area contributed by atoms with E-state index in [0.717, 1.165) is 63.2 Å². The van der Waals surface area contributed by atoms with Crippen LogP contribution < -0.4 is 15.1 Å². The van der Waals surface area contributed by atoms with Gasteiger partial charge in [-0.3, -0.25) is 0 Å².